The third-order valence-corrected chi connectivity index (χ3v) is 2.59. The first-order valence-corrected chi connectivity index (χ1v) is 5.24. The fourth-order valence-corrected chi connectivity index (χ4v) is 1.22. The second-order valence-corrected chi connectivity index (χ2v) is 4.22. The summed E-state index contributed by atoms with van der Waals surface area (Å²) < 4.78 is 5.39. The number of piperazine rings is 1. The molecule has 0 aromatic rings. The van der Waals surface area contributed by atoms with Gasteiger partial charge >= 0.3 is 6.09 Å². The summed E-state index contributed by atoms with van der Waals surface area (Å²) in [6, 6.07) is 0. The lowest BCUT2D eigenvalue weighted by Gasteiger charge is -2.31. The van der Waals surface area contributed by atoms with Crippen molar-refractivity contribution >= 4 is 6.09 Å². The molecule has 1 aliphatic rings. The highest BCUT2D eigenvalue weighted by Gasteiger charge is 2.25. The molecule has 1 rings (SSSR count). The van der Waals surface area contributed by atoms with Gasteiger partial charge in [-0.1, -0.05) is 6.92 Å². The molecule has 0 aromatic heterocycles. The van der Waals surface area contributed by atoms with Crippen molar-refractivity contribution in [3.8, 4) is 0 Å². The van der Waals surface area contributed by atoms with Crippen LogP contribution in [0.5, 0.6) is 0 Å². The average Bonchev–Trinajstić information content (AvgIpc) is 2.19. The summed E-state index contributed by atoms with van der Waals surface area (Å²) in [4.78, 5) is 13.4. The standard InChI is InChI=1S/C10H20N2O2/c1-4-10(2,3)14-9(13)12-7-5-11-6-8-12/h11H,4-8H2,1-3H3. The van der Waals surface area contributed by atoms with E-state index >= 15 is 0 Å². The van der Waals surface area contributed by atoms with Crippen LogP contribution < -0.4 is 5.32 Å². The molecule has 1 aliphatic heterocycles. The van der Waals surface area contributed by atoms with Crippen LogP contribution >= 0.6 is 0 Å². The maximum Gasteiger partial charge on any atom is 0.410 e. The molecule has 0 radical (unpaired) electrons. The van der Waals surface area contributed by atoms with E-state index in [1.807, 2.05) is 20.8 Å². The molecule has 14 heavy (non-hydrogen) atoms. The van der Waals surface area contributed by atoms with Gasteiger partial charge in [0.25, 0.3) is 0 Å². The quantitative estimate of drug-likeness (QED) is 0.728. The Bertz CT molecular complexity index is 198. The number of amides is 1. The predicted molar refractivity (Wildman–Crippen MR) is 55.3 cm³/mol. The SMILES string of the molecule is CCC(C)(C)OC(=O)N1CCNCC1. The van der Waals surface area contributed by atoms with E-state index in [-0.39, 0.29) is 11.7 Å². The molecule has 0 aromatic carbocycles. The van der Waals surface area contributed by atoms with Gasteiger partial charge in [0.05, 0.1) is 0 Å². The molecular weight excluding hydrogens is 180 g/mol. The summed E-state index contributed by atoms with van der Waals surface area (Å²) >= 11 is 0. The van der Waals surface area contributed by atoms with Crippen LogP contribution in [0.4, 0.5) is 4.79 Å². The highest BCUT2D eigenvalue weighted by molar-refractivity contribution is 5.68. The van der Waals surface area contributed by atoms with E-state index in [9.17, 15) is 4.79 Å². The Morgan fingerprint density at radius 2 is 2.00 bits per heavy atom. The number of hydrogen-bond acceptors (Lipinski definition) is 3. The van der Waals surface area contributed by atoms with Gasteiger partial charge in [-0.05, 0) is 20.3 Å². The molecule has 4 nitrogen and oxygen atoms in total. The number of carbonyl (C=O) groups excluding carboxylic acids is 1. The molecule has 0 saturated carbocycles. The van der Waals surface area contributed by atoms with Gasteiger partial charge in [0.15, 0.2) is 0 Å². The van der Waals surface area contributed by atoms with Gasteiger partial charge in [0, 0.05) is 26.2 Å². The van der Waals surface area contributed by atoms with Crippen LogP contribution in [-0.4, -0.2) is 42.8 Å². The molecule has 1 N–H and O–H groups in total. The van der Waals surface area contributed by atoms with Crippen LogP contribution in [0.25, 0.3) is 0 Å². The summed E-state index contributed by atoms with van der Waals surface area (Å²) in [7, 11) is 0. The monoisotopic (exact) mass is 200 g/mol. The number of carbonyl (C=O) groups is 1. The zero-order valence-electron chi connectivity index (χ0n) is 9.30. The molecule has 1 heterocycles. The molecule has 0 atom stereocenters. The van der Waals surface area contributed by atoms with Gasteiger partial charge in [-0.3, -0.25) is 0 Å². The lowest BCUT2D eigenvalue weighted by molar-refractivity contribution is 0.00958. The normalized spacial score (nSPS) is 18.1. The lowest BCUT2D eigenvalue weighted by Crippen LogP contribution is -2.48. The molecule has 4 heteroatoms. The maximum atomic E-state index is 11.6. The first-order chi connectivity index (χ1) is 6.55. The second kappa shape index (κ2) is 4.64. The minimum Gasteiger partial charge on any atom is -0.443 e. The zero-order chi connectivity index (χ0) is 10.6. The van der Waals surface area contributed by atoms with Crippen molar-refractivity contribution in [2.45, 2.75) is 32.8 Å². The lowest BCUT2D eigenvalue weighted by atomic mass is 10.1. The van der Waals surface area contributed by atoms with E-state index in [0.717, 1.165) is 32.6 Å². The third-order valence-electron chi connectivity index (χ3n) is 2.59. The van der Waals surface area contributed by atoms with E-state index in [0.29, 0.717) is 0 Å². The molecule has 1 saturated heterocycles. The van der Waals surface area contributed by atoms with E-state index in [4.69, 9.17) is 4.74 Å². The van der Waals surface area contributed by atoms with Gasteiger partial charge in [0.1, 0.15) is 5.60 Å². The van der Waals surface area contributed by atoms with Gasteiger partial charge in [-0.2, -0.15) is 0 Å². The number of rotatable bonds is 2. The van der Waals surface area contributed by atoms with Gasteiger partial charge in [-0.25, -0.2) is 4.79 Å². The molecule has 0 aliphatic carbocycles. The van der Waals surface area contributed by atoms with Gasteiger partial charge < -0.3 is 15.0 Å². The molecule has 1 amide bonds. The Labute approximate surface area is 85.6 Å². The second-order valence-electron chi connectivity index (χ2n) is 4.22. The summed E-state index contributed by atoms with van der Waals surface area (Å²) in [6.07, 6.45) is 0.656. The highest BCUT2D eigenvalue weighted by Crippen LogP contribution is 2.15. The summed E-state index contributed by atoms with van der Waals surface area (Å²) in [5.74, 6) is 0. The van der Waals surface area contributed by atoms with Crippen molar-refractivity contribution in [3.63, 3.8) is 0 Å². The Hall–Kier alpha value is -0.770. The summed E-state index contributed by atoms with van der Waals surface area (Å²) in [6.45, 7) is 9.12. The highest BCUT2D eigenvalue weighted by atomic mass is 16.6. The summed E-state index contributed by atoms with van der Waals surface area (Å²) in [5.41, 5.74) is -0.345. The van der Waals surface area contributed by atoms with Crippen molar-refractivity contribution in [3.05, 3.63) is 0 Å². The Balaban J connectivity index is 2.40. The Morgan fingerprint density at radius 1 is 1.43 bits per heavy atom. The van der Waals surface area contributed by atoms with Crippen molar-refractivity contribution in [2.24, 2.45) is 0 Å². The molecule has 0 unspecified atom stereocenters. The number of nitrogens with zero attached hydrogens (tertiary/aromatic N) is 1. The van der Waals surface area contributed by atoms with E-state index in [1.54, 1.807) is 4.90 Å². The van der Waals surface area contributed by atoms with Crippen LogP contribution in [-0.2, 0) is 4.74 Å². The van der Waals surface area contributed by atoms with E-state index in [1.165, 1.54) is 0 Å². The van der Waals surface area contributed by atoms with Crippen LogP contribution in [0.15, 0.2) is 0 Å². The van der Waals surface area contributed by atoms with E-state index in [2.05, 4.69) is 5.32 Å². The van der Waals surface area contributed by atoms with Crippen LogP contribution in [0.1, 0.15) is 27.2 Å². The van der Waals surface area contributed by atoms with Crippen LogP contribution in [0.2, 0.25) is 0 Å². The van der Waals surface area contributed by atoms with E-state index < -0.39 is 0 Å². The first-order valence-electron chi connectivity index (χ1n) is 5.24. The van der Waals surface area contributed by atoms with Crippen molar-refractivity contribution < 1.29 is 9.53 Å². The number of hydrogen-bond donors (Lipinski definition) is 1. The fraction of sp³-hybridized carbons (Fsp3) is 0.900. The molecule has 0 spiro atoms. The smallest absolute Gasteiger partial charge is 0.410 e. The van der Waals surface area contributed by atoms with Crippen molar-refractivity contribution in [2.75, 3.05) is 26.2 Å². The Kier molecular flexibility index (Phi) is 3.75. The maximum absolute atomic E-state index is 11.6. The minimum atomic E-state index is -0.345. The largest absolute Gasteiger partial charge is 0.443 e. The van der Waals surface area contributed by atoms with Crippen molar-refractivity contribution in [1.29, 1.82) is 0 Å². The molecular formula is C10H20N2O2. The number of ether oxygens (including phenoxy) is 1. The Morgan fingerprint density at radius 3 is 2.50 bits per heavy atom. The molecule has 1 fully saturated rings. The predicted octanol–water partition coefficient (Wildman–Crippen LogP) is 1.22. The third kappa shape index (κ3) is 3.18. The zero-order valence-corrected chi connectivity index (χ0v) is 9.30. The first kappa shape index (κ1) is 11.3. The topological polar surface area (TPSA) is 41.6 Å². The molecule has 82 valence electrons. The fourth-order valence-electron chi connectivity index (χ4n) is 1.22. The van der Waals surface area contributed by atoms with Crippen molar-refractivity contribution in [1.82, 2.24) is 10.2 Å². The van der Waals surface area contributed by atoms with Crippen LogP contribution in [0.3, 0.4) is 0 Å². The van der Waals surface area contributed by atoms with Gasteiger partial charge in [-0.15, -0.1) is 0 Å². The number of nitrogens with one attached hydrogen (secondary N) is 1. The van der Waals surface area contributed by atoms with Crippen LogP contribution in [0, 0.1) is 0 Å². The molecule has 0 bridgehead atoms. The van der Waals surface area contributed by atoms with Gasteiger partial charge in [0.2, 0.25) is 0 Å². The summed E-state index contributed by atoms with van der Waals surface area (Å²) in [5, 5.41) is 3.20. The minimum absolute atomic E-state index is 0.182. The average molecular weight is 200 g/mol.